The van der Waals surface area contributed by atoms with Gasteiger partial charge in [-0.05, 0) is 32.6 Å². The molecule has 0 amide bonds. The summed E-state index contributed by atoms with van der Waals surface area (Å²) in [6, 6.07) is 1.23. The largest absolute Gasteiger partial charge is 0.353 e. The summed E-state index contributed by atoms with van der Waals surface area (Å²) < 4.78 is 0. The number of aromatic nitrogens is 2. The van der Waals surface area contributed by atoms with Gasteiger partial charge in [0.2, 0.25) is 0 Å². The Kier molecular flexibility index (Phi) is 5.77. The van der Waals surface area contributed by atoms with Gasteiger partial charge in [-0.1, -0.05) is 20.3 Å². The van der Waals surface area contributed by atoms with Gasteiger partial charge in [-0.25, -0.2) is 4.98 Å². The molecule has 0 radical (unpaired) electrons. The third kappa shape index (κ3) is 4.44. The first kappa shape index (κ1) is 15.2. The zero-order chi connectivity index (χ0) is 14.4. The number of hydrogen-bond acceptors (Lipinski definition) is 4. The van der Waals surface area contributed by atoms with E-state index < -0.39 is 0 Å². The van der Waals surface area contributed by atoms with Crippen molar-refractivity contribution >= 4 is 5.82 Å². The first-order valence-corrected chi connectivity index (χ1v) is 8.05. The third-order valence-electron chi connectivity index (χ3n) is 3.99. The Bertz CT molecular complexity index is 403. The Balaban J connectivity index is 2.03. The van der Waals surface area contributed by atoms with Gasteiger partial charge in [-0.3, -0.25) is 4.98 Å². The van der Waals surface area contributed by atoms with Crippen molar-refractivity contribution in [2.45, 2.75) is 71.5 Å². The molecule has 1 aromatic rings. The molecule has 112 valence electrons. The normalized spacial score (nSPS) is 16.1. The van der Waals surface area contributed by atoms with E-state index in [9.17, 15) is 0 Å². The highest BCUT2D eigenvalue weighted by Crippen LogP contribution is 2.20. The van der Waals surface area contributed by atoms with E-state index in [-0.39, 0.29) is 0 Å². The van der Waals surface area contributed by atoms with E-state index in [2.05, 4.69) is 36.0 Å². The number of anilines is 1. The second kappa shape index (κ2) is 7.58. The van der Waals surface area contributed by atoms with E-state index in [0.29, 0.717) is 12.1 Å². The molecule has 1 fully saturated rings. The van der Waals surface area contributed by atoms with Gasteiger partial charge in [0.25, 0.3) is 0 Å². The molecule has 20 heavy (non-hydrogen) atoms. The molecule has 2 rings (SSSR count). The minimum Gasteiger partial charge on any atom is -0.353 e. The SMILES string of the molecule is CCCCN(c1cncc(CNC2CC2)n1)C(C)CC. The van der Waals surface area contributed by atoms with Crippen molar-refractivity contribution < 1.29 is 0 Å². The lowest BCUT2D eigenvalue weighted by molar-refractivity contribution is 0.585. The minimum atomic E-state index is 0.516. The van der Waals surface area contributed by atoms with Crippen LogP contribution in [0.5, 0.6) is 0 Å². The summed E-state index contributed by atoms with van der Waals surface area (Å²) in [5.74, 6) is 1.03. The van der Waals surface area contributed by atoms with Crippen LogP contribution in [0.2, 0.25) is 0 Å². The van der Waals surface area contributed by atoms with Crippen molar-refractivity contribution in [2.75, 3.05) is 11.4 Å². The fraction of sp³-hybridized carbons (Fsp3) is 0.750. The van der Waals surface area contributed by atoms with E-state index in [1.165, 1.54) is 25.7 Å². The second-order valence-corrected chi connectivity index (χ2v) is 5.83. The lowest BCUT2D eigenvalue weighted by Gasteiger charge is -2.29. The molecule has 1 atom stereocenters. The summed E-state index contributed by atoms with van der Waals surface area (Å²) in [6.07, 6.45) is 9.96. The Hall–Kier alpha value is -1.16. The number of nitrogens with zero attached hydrogens (tertiary/aromatic N) is 3. The van der Waals surface area contributed by atoms with Crippen molar-refractivity contribution in [1.29, 1.82) is 0 Å². The molecule has 1 N–H and O–H groups in total. The summed E-state index contributed by atoms with van der Waals surface area (Å²) >= 11 is 0. The zero-order valence-electron chi connectivity index (χ0n) is 13.1. The lowest BCUT2D eigenvalue weighted by Crippen LogP contribution is -2.34. The Morgan fingerprint density at radius 2 is 2.15 bits per heavy atom. The smallest absolute Gasteiger partial charge is 0.147 e. The predicted molar refractivity (Wildman–Crippen MR) is 83.9 cm³/mol. The van der Waals surface area contributed by atoms with Crippen LogP contribution in [0, 0.1) is 0 Å². The van der Waals surface area contributed by atoms with Crippen LogP contribution in [0.4, 0.5) is 5.82 Å². The highest BCUT2D eigenvalue weighted by atomic mass is 15.2. The van der Waals surface area contributed by atoms with Gasteiger partial charge in [-0.2, -0.15) is 0 Å². The molecule has 4 heteroatoms. The van der Waals surface area contributed by atoms with Gasteiger partial charge in [0, 0.05) is 31.4 Å². The predicted octanol–water partition coefficient (Wildman–Crippen LogP) is 3.13. The van der Waals surface area contributed by atoms with Crippen LogP contribution in [0.25, 0.3) is 0 Å². The molecule has 0 bridgehead atoms. The van der Waals surface area contributed by atoms with Crippen molar-refractivity contribution in [3.63, 3.8) is 0 Å². The van der Waals surface area contributed by atoms with Gasteiger partial charge in [0.05, 0.1) is 11.9 Å². The first-order valence-electron chi connectivity index (χ1n) is 8.05. The summed E-state index contributed by atoms with van der Waals surface area (Å²) in [4.78, 5) is 11.6. The van der Waals surface area contributed by atoms with Crippen LogP contribution in [-0.4, -0.2) is 28.6 Å². The van der Waals surface area contributed by atoms with Crippen molar-refractivity contribution in [1.82, 2.24) is 15.3 Å². The van der Waals surface area contributed by atoms with Crippen LogP contribution >= 0.6 is 0 Å². The summed E-state index contributed by atoms with van der Waals surface area (Å²) in [7, 11) is 0. The average Bonchev–Trinajstić information content (AvgIpc) is 3.30. The average molecular weight is 276 g/mol. The fourth-order valence-electron chi connectivity index (χ4n) is 2.26. The fourth-order valence-corrected chi connectivity index (χ4v) is 2.26. The van der Waals surface area contributed by atoms with E-state index in [4.69, 9.17) is 4.98 Å². The summed E-state index contributed by atoms with van der Waals surface area (Å²) in [5.41, 5.74) is 1.05. The van der Waals surface area contributed by atoms with Gasteiger partial charge < -0.3 is 10.2 Å². The molecule has 4 nitrogen and oxygen atoms in total. The Labute approximate surface area is 123 Å². The quantitative estimate of drug-likeness (QED) is 0.752. The number of unbranched alkanes of at least 4 members (excludes halogenated alkanes) is 1. The van der Waals surface area contributed by atoms with Gasteiger partial charge in [0.1, 0.15) is 5.82 Å². The molecule has 1 aromatic heterocycles. The second-order valence-electron chi connectivity index (χ2n) is 5.83. The van der Waals surface area contributed by atoms with Crippen LogP contribution < -0.4 is 10.2 Å². The van der Waals surface area contributed by atoms with Crippen molar-refractivity contribution in [3.8, 4) is 0 Å². The van der Waals surface area contributed by atoms with Gasteiger partial charge in [-0.15, -0.1) is 0 Å². The molecule has 1 unspecified atom stereocenters. The van der Waals surface area contributed by atoms with E-state index in [0.717, 1.165) is 31.0 Å². The first-order chi connectivity index (χ1) is 9.74. The monoisotopic (exact) mass is 276 g/mol. The van der Waals surface area contributed by atoms with Crippen LogP contribution in [0.15, 0.2) is 12.4 Å². The van der Waals surface area contributed by atoms with Crippen LogP contribution in [0.3, 0.4) is 0 Å². The van der Waals surface area contributed by atoms with E-state index >= 15 is 0 Å². The molecule has 0 spiro atoms. The van der Waals surface area contributed by atoms with Gasteiger partial charge >= 0.3 is 0 Å². The summed E-state index contributed by atoms with van der Waals surface area (Å²) in [5, 5.41) is 3.50. The van der Waals surface area contributed by atoms with Gasteiger partial charge in [0.15, 0.2) is 0 Å². The summed E-state index contributed by atoms with van der Waals surface area (Å²) in [6.45, 7) is 8.64. The number of rotatable bonds is 9. The topological polar surface area (TPSA) is 41.1 Å². The Morgan fingerprint density at radius 3 is 2.80 bits per heavy atom. The molecule has 1 saturated carbocycles. The highest BCUT2D eigenvalue weighted by Gasteiger charge is 2.20. The third-order valence-corrected chi connectivity index (χ3v) is 3.99. The maximum absolute atomic E-state index is 4.80. The minimum absolute atomic E-state index is 0.516. The molecular weight excluding hydrogens is 248 g/mol. The molecule has 1 heterocycles. The zero-order valence-corrected chi connectivity index (χ0v) is 13.1. The van der Waals surface area contributed by atoms with Crippen molar-refractivity contribution in [2.24, 2.45) is 0 Å². The molecular formula is C16H28N4. The lowest BCUT2D eigenvalue weighted by atomic mass is 10.2. The maximum Gasteiger partial charge on any atom is 0.147 e. The Morgan fingerprint density at radius 1 is 1.35 bits per heavy atom. The van der Waals surface area contributed by atoms with Crippen LogP contribution in [-0.2, 0) is 6.54 Å². The molecule has 0 saturated heterocycles. The van der Waals surface area contributed by atoms with E-state index in [1.54, 1.807) is 0 Å². The number of nitrogens with one attached hydrogen (secondary N) is 1. The standard InChI is InChI=1S/C16H28N4/c1-4-6-9-20(13(3)5-2)16-12-17-10-15(19-16)11-18-14-7-8-14/h10,12-14,18H,4-9,11H2,1-3H3. The molecule has 0 aromatic carbocycles. The highest BCUT2D eigenvalue weighted by molar-refractivity contribution is 5.37. The molecule has 1 aliphatic rings. The van der Waals surface area contributed by atoms with E-state index in [1.807, 2.05) is 12.4 Å². The maximum atomic E-state index is 4.80. The molecule has 0 aliphatic heterocycles. The number of hydrogen-bond donors (Lipinski definition) is 1. The molecule has 1 aliphatic carbocycles. The van der Waals surface area contributed by atoms with Crippen LogP contribution in [0.1, 0.15) is 58.6 Å². The van der Waals surface area contributed by atoms with Crippen molar-refractivity contribution in [3.05, 3.63) is 18.1 Å².